The van der Waals surface area contributed by atoms with E-state index in [1.54, 1.807) is 6.07 Å². The first-order valence-corrected chi connectivity index (χ1v) is 20.8. The Morgan fingerprint density at radius 3 is 2.19 bits per heavy atom. The molecule has 0 amide bonds. The third-order valence-electron chi connectivity index (χ3n) is 9.79. The Morgan fingerprint density at radius 2 is 1.57 bits per heavy atom. The van der Waals surface area contributed by atoms with Gasteiger partial charge in [0.2, 0.25) is 10.0 Å². The number of likely N-dealkylation sites (N-methyl/N-ethyl adjacent to an activating group) is 1. The van der Waals surface area contributed by atoms with E-state index >= 15 is 0 Å². The lowest BCUT2D eigenvalue weighted by Gasteiger charge is -2.33. The Morgan fingerprint density at radius 1 is 0.926 bits per heavy atom. The largest absolute Gasteiger partial charge is 0.491 e. The van der Waals surface area contributed by atoms with Crippen LogP contribution in [0.25, 0.3) is 0 Å². The molecule has 1 aliphatic heterocycles. The van der Waals surface area contributed by atoms with Gasteiger partial charge in [0.05, 0.1) is 40.8 Å². The second kappa shape index (κ2) is 18.0. The van der Waals surface area contributed by atoms with Crippen LogP contribution in [-0.4, -0.2) is 102 Å². The molecule has 0 spiro atoms. The summed E-state index contributed by atoms with van der Waals surface area (Å²) in [6, 6.07) is 8.96. The number of nitrogens with zero attached hydrogens (tertiary/aromatic N) is 4. The predicted molar refractivity (Wildman–Crippen MR) is 203 cm³/mol. The Bertz CT molecular complexity index is 1860. The van der Waals surface area contributed by atoms with Crippen molar-refractivity contribution in [2.45, 2.75) is 51.2 Å². The number of halogens is 4. The molecule has 1 atom stereocenters. The molecule has 0 N–H and O–H groups in total. The molecule has 1 saturated heterocycles. The third kappa shape index (κ3) is 11.3. The van der Waals surface area contributed by atoms with Gasteiger partial charge in [-0.05, 0) is 99.0 Å². The smallest absolute Gasteiger partial charge is 0.387 e. The number of pyridine rings is 1. The lowest BCUT2D eigenvalue weighted by atomic mass is 10.0. The van der Waals surface area contributed by atoms with Crippen LogP contribution in [0.15, 0.2) is 48.8 Å². The van der Waals surface area contributed by atoms with Crippen molar-refractivity contribution >= 4 is 44.9 Å². The van der Waals surface area contributed by atoms with Crippen molar-refractivity contribution in [2.75, 3.05) is 70.1 Å². The van der Waals surface area contributed by atoms with Crippen molar-refractivity contribution in [1.82, 2.24) is 14.8 Å². The molecular weight excluding hydrogens is 765 g/mol. The van der Waals surface area contributed by atoms with E-state index in [0.717, 1.165) is 64.7 Å². The summed E-state index contributed by atoms with van der Waals surface area (Å²) in [5.41, 5.74) is 1.34. The molecule has 2 heterocycles. The lowest BCUT2D eigenvalue weighted by molar-refractivity contribution is -0.0515. The number of anilines is 1. The zero-order valence-corrected chi connectivity index (χ0v) is 32.7. The number of sulfonamides is 1. The van der Waals surface area contributed by atoms with E-state index < -0.39 is 28.7 Å². The van der Waals surface area contributed by atoms with Crippen molar-refractivity contribution in [3.05, 3.63) is 75.5 Å². The minimum atomic E-state index is -3.72. The fourth-order valence-corrected chi connectivity index (χ4v) is 7.68. The summed E-state index contributed by atoms with van der Waals surface area (Å²) in [5.74, 6) is 0.129. The second-order valence-electron chi connectivity index (χ2n) is 14.3. The summed E-state index contributed by atoms with van der Waals surface area (Å²) in [6.45, 7) is 2.38. The minimum Gasteiger partial charge on any atom is -0.491 e. The number of ether oxygens (including phenoxy) is 4. The van der Waals surface area contributed by atoms with E-state index in [9.17, 15) is 22.0 Å². The summed E-state index contributed by atoms with van der Waals surface area (Å²) in [4.78, 5) is 22.6. The summed E-state index contributed by atoms with van der Waals surface area (Å²) < 4.78 is 77.3. The summed E-state index contributed by atoms with van der Waals surface area (Å²) >= 11 is 13.0. The Hall–Kier alpha value is -3.43. The van der Waals surface area contributed by atoms with Gasteiger partial charge in [0.15, 0.2) is 11.5 Å². The van der Waals surface area contributed by atoms with Crippen molar-refractivity contribution in [2.24, 2.45) is 11.8 Å². The first-order chi connectivity index (χ1) is 25.8. The van der Waals surface area contributed by atoms with E-state index in [0.29, 0.717) is 48.3 Å². The number of hydrogen-bond donors (Lipinski definition) is 0. The van der Waals surface area contributed by atoms with Crippen LogP contribution in [0.1, 0.15) is 59.7 Å². The van der Waals surface area contributed by atoms with Crippen molar-refractivity contribution < 1.29 is 40.9 Å². The van der Waals surface area contributed by atoms with Gasteiger partial charge in [-0.1, -0.05) is 29.3 Å². The molecule has 2 saturated carbocycles. The van der Waals surface area contributed by atoms with Gasteiger partial charge in [0, 0.05) is 51.5 Å². The van der Waals surface area contributed by atoms with Crippen LogP contribution in [0, 0.1) is 11.8 Å². The Balaban J connectivity index is 1.28. The van der Waals surface area contributed by atoms with Crippen LogP contribution >= 0.6 is 23.2 Å². The number of benzene rings is 2. The lowest BCUT2D eigenvalue weighted by Crippen LogP contribution is -2.45. The topological polar surface area (TPSA) is 111 Å². The van der Waals surface area contributed by atoms with Crippen LogP contribution in [-0.2, 0) is 21.2 Å². The number of carbonyl (C=O) groups is 1. The van der Waals surface area contributed by atoms with Crippen molar-refractivity contribution in [3.63, 3.8) is 0 Å². The quantitative estimate of drug-likeness (QED) is 0.116. The Kier molecular flexibility index (Phi) is 13.4. The van der Waals surface area contributed by atoms with Gasteiger partial charge in [-0.3, -0.25) is 9.29 Å². The summed E-state index contributed by atoms with van der Waals surface area (Å²) in [7, 11) is -1.63. The minimum absolute atomic E-state index is 0.0152. The first kappa shape index (κ1) is 40.2. The SMILES string of the molecule is CN1CCN(CCCN(c2ccc(C(=O)O[C@@H](Cc3c(Cl)cncc3Cl)c3ccc(OC(F)F)c(OCC4CC4)c3)cc2OCC2CC2)S(C)(=O)=O)CC1. The molecule has 0 radical (unpaired) electrons. The third-order valence-corrected chi connectivity index (χ3v) is 11.6. The number of esters is 1. The van der Waals surface area contributed by atoms with E-state index in [1.807, 2.05) is 0 Å². The maximum Gasteiger partial charge on any atom is 0.387 e. The number of aromatic nitrogens is 1. The summed E-state index contributed by atoms with van der Waals surface area (Å²) in [6.07, 6.45) is 7.59. The normalized spacial score (nSPS) is 17.3. The van der Waals surface area contributed by atoms with Crippen molar-refractivity contribution in [1.29, 1.82) is 0 Å². The molecule has 2 aromatic carbocycles. The van der Waals surface area contributed by atoms with Gasteiger partial charge in [0.1, 0.15) is 11.9 Å². The van der Waals surface area contributed by atoms with Crippen molar-refractivity contribution in [3.8, 4) is 17.2 Å². The molecule has 0 unspecified atom stereocenters. The van der Waals surface area contributed by atoms with Crippen LogP contribution in [0.3, 0.4) is 0 Å². The molecule has 3 aliphatic rings. The Labute approximate surface area is 325 Å². The number of hydrogen-bond acceptors (Lipinski definition) is 10. The van der Waals surface area contributed by atoms with E-state index in [1.165, 1.54) is 47.0 Å². The number of alkyl halides is 2. The predicted octanol–water partition coefficient (Wildman–Crippen LogP) is 7.11. The maximum atomic E-state index is 14.0. The monoisotopic (exact) mass is 810 g/mol. The zero-order chi connectivity index (χ0) is 38.4. The van der Waals surface area contributed by atoms with Crippen LogP contribution in [0.2, 0.25) is 10.0 Å². The molecule has 3 fully saturated rings. The fourth-order valence-electron chi connectivity index (χ4n) is 6.20. The molecular formula is C38H46Cl2F2N4O7S. The molecule has 16 heteroatoms. The van der Waals surface area contributed by atoms with Gasteiger partial charge in [0.25, 0.3) is 0 Å². The molecule has 11 nitrogen and oxygen atoms in total. The highest BCUT2D eigenvalue weighted by Gasteiger charge is 2.29. The van der Waals surface area contributed by atoms with Gasteiger partial charge in [-0.2, -0.15) is 8.78 Å². The van der Waals surface area contributed by atoms with Gasteiger partial charge < -0.3 is 28.7 Å². The fraction of sp³-hybridized carbons (Fsp3) is 0.526. The van der Waals surface area contributed by atoms with E-state index in [4.69, 9.17) is 42.1 Å². The van der Waals surface area contributed by atoms with Gasteiger partial charge in [-0.25, -0.2) is 13.2 Å². The highest BCUT2D eigenvalue weighted by molar-refractivity contribution is 7.92. The maximum absolute atomic E-state index is 14.0. The molecule has 2 aliphatic carbocycles. The average Bonchev–Trinajstić information content (AvgIpc) is 4.06. The van der Waals surface area contributed by atoms with Crippen LogP contribution < -0.4 is 18.5 Å². The molecule has 3 aromatic rings. The molecule has 1 aromatic heterocycles. The van der Waals surface area contributed by atoms with E-state index in [2.05, 4.69) is 21.8 Å². The average molecular weight is 812 g/mol. The highest BCUT2D eigenvalue weighted by Crippen LogP contribution is 2.39. The second-order valence-corrected chi connectivity index (χ2v) is 17.0. The highest BCUT2D eigenvalue weighted by atomic mass is 35.5. The standard InChI is InChI=1S/C38H46Cl2F2N4O7S/c1-44-14-16-45(17-15-44)12-3-13-46(54(2,48)49)32-10-8-28(19-35(32)50-23-25-4-5-25)37(47)52-34(20-29-30(39)21-43-22-31(29)40)27-9-11-33(53-38(41)42)36(18-27)51-24-26-6-7-26/h8-11,18-19,21-22,25-26,34,38H,3-7,12-17,20,23-24H2,1-2H3/t34-/m0/s1. The molecule has 0 bridgehead atoms. The summed E-state index contributed by atoms with van der Waals surface area (Å²) in [5, 5.41) is 0.500. The molecule has 6 rings (SSSR count). The van der Waals surface area contributed by atoms with Gasteiger partial charge in [-0.15, -0.1) is 0 Å². The number of piperazine rings is 1. The zero-order valence-electron chi connectivity index (χ0n) is 30.4. The molecule has 54 heavy (non-hydrogen) atoms. The first-order valence-electron chi connectivity index (χ1n) is 18.2. The number of carbonyl (C=O) groups excluding carboxylic acids is 1. The number of rotatable bonds is 19. The van der Waals surface area contributed by atoms with Gasteiger partial charge >= 0.3 is 12.6 Å². The van der Waals surface area contributed by atoms with Crippen LogP contribution in [0.5, 0.6) is 17.2 Å². The van der Waals surface area contributed by atoms with Crippen LogP contribution in [0.4, 0.5) is 14.5 Å². The molecule has 294 valence electrons. The van der Waals surface area contributed by atoms with E-state index in [-0.39, 0.29) is 45.8 Å².